The van der Waals surface area contributed by atoms with Gasteiger partial charge in [-0.15, -0.1) is 0 Å². The molecule has 0 unspecified atom stereocenters. The molecule has 1 N–H and O–H groups in total. The van der Waals surface area contributed by atoms with Crippen LogP contribution < -0.4 is 5.32 Å². The van der Waals surface area contributed by atoms with Crippen molar-refractivity contribution in [2.45, 2.75) is 38.8 Å². The van der Waals surface area contributed by atoms with Crippen LogP contribution in [0.2, 0.25) is 10.0 Å². The molecule has 1 aromatic carbocycles. The van der Waals surface area contributed by atoms with Crippen molar-refractivity contribution in [1.29, 1.82) is 0 Å². The van der Waals surface area contributed by atoms with E-state index < -0.39 is 0 Å². The largest absolute Gasteiger partial charge is 0.381 e. The summed E-state index contributed by atoms with van der Waals surface area (Å²) < 4.78 is 5.62. The van der Waals surface area contributed by atoms with Crippen LogP contribution in [0.3, 0.4) is 0 Å². The van der Waals surface area contributed by atoms with Gasteiger partial charge in [0, 0.05) is 34.7 Å². The maximum absolute atomic E-state index is 6.26. The first-order valence-corrected chi connectivity index (χ1v) is 7.59. The number of hydrogen-bond donors (Lipinski definition) is 1. The summed E-state index contributed by atoms with van der Waals surface area (Å²) in [6.07, 6.45) is 1.99. The summed E-state index contributed by atoms with van der Waals surface area (Å²) in [5.74, 6) is 0.467. The first-order chi connectivity index (χ1) is 9.06. The number of hydrogen-bond acceptors (Lipinski definition) is 2. The zero-order chi connectivity index (χ0) is 13.8. The molecule has 1 fully saturated rings. The van der Waals surface area contributed by atoms with Crippen molar-refractivity contribution in [3.63, 3.8) is 0 Å². The molecule has 0 amide bonds. The van der Waals surface area contributed by atoms with Crippen molar-refractivity contribution in [2.24, 2.45) is 5.92 Å². The molecule has 1 saturated heterocycles. The lowest BCUT2D eigenvalue weighted by molar-refractivity contribution is 0.0300. The number of ether oxygens (including phenoxy) is 1. The molecule has 2 nitrogen and oxygen atoms in total. The fourth-order valence-electron chi connectivity index (χ4n) is 2.62. The van der Waals surface area contributed by atoms with E-state index in [1.807, 2.05) is 18.2 Å². The molecule has 0 bridgehead atoms. The van der Waals surface area contributed by atoms with E-state index >= 15 is 0 Å². The summed E-state index contributed by atoms with van der Waals surface area (Å²) in [6.45, 7) is 6.00. The molecule has 1 heterocycles. The molecule has 4 heteroatoms. The molecule has 0 radical (unpaired) electrons. The lowest BCUT2D eigenvalue weighted by Gasteiger charge is -2.34. The van der Waals surface area contributed by atoms with Crippen LogP contribution in [0.15, 0.2) is 18.2 Å². The van der Waals surface area contributed by atoms with E-state index in [2.05, 4.69) is 19.2 Å². The van der Waals surface area contributed by atoms with E-state index in [-0.39, 0.29) is 0 Å². The van der Waals surface area contributed by atoms with Crippen LogP contribution in [0.1, 0.15) is 25.8 Å². The number of halogens is 2. The second kappa shape index (κ2) is 6.94. The molecule has 0 saturated carbocycles. The molecule has 2 rings (SSSR count). The Morgan fingerprint density at radius 2 is 2.16 bits per heavy atom. The Labute approximate surface area is 125 Å². The van der Waals surface area contributed by atoms with E-state index in [4.69, 9.17) is 27.9 Å². The predicted molar refractivity (Wildman–Crippen MR) is 81.2 cm³/mol. The summed E-state index contributed by atoms with van der Waals surface area (Å²) in [4.78, 5) is 0. The third kappa shape index (κ3) is 4.35. The van der Waals surface area contributed by atoms with Gasteiger partial charge in [-0.2, -0.15) is 0 Å². The van der Waals surface area contributed by atoms with Crippen molar-refractivity contribution >= 4 is 23.2 Å². The lowest BCUT2D eigenvalue weighted by Crippen LogP contribution is -2.46. The van der Waals surface area contributed by atoms with Gasteiger partial charge in [-0.1, -0.05) is 43.1 Å². The average Bonchev–Trinajstić information content (AvgIpc) is 2.34. The highest BCUT2D eigenvalue weighted by molar-refractivity contribution is 6.35. The van der Waals surface area contributed by atoms with Crippen LogP contribution in [0, 0.1) is 5.92 Å². The Bertz CT molecular complexity index is 423. The summed E-state index contributed by atoms with van der Waals surface area (Å²) in [6, 6.07) is 6.72. The first kappa shape index (κ1) is 15.1. The highest BCUT2D eigenvalue weighted by atomic mass is 35.5. The van der Waals surface area contributed by atoms with E-state index in [1.54, 1.807) is 0 Å². The van der Waals surface area contributed by atoms with Crippen molar-refractivity contribution < 1.29 is 4.74 Å². The summed E-state index contributed by atoms with van der Waals surface area (Å²) in [5, 5.41) is 5.07. The number of benzene rings is 1. The molecule has 0 spiro atoms. The molecule has 0 aliphatic carbocycles. The van der Waals surface area contributed by atoms with Crippen LogP contribution in [0.5, 0.6) is 0 Å². The maximum atomic E-state index is 6.26. The highest BCUT2D eigenvalue weighted by Gasteiger charge is 2.26. The van der Waals surface area contributed by atoms with Gasteiger partial charge in [0.05, 0.1) is 6.61 Å². The molecule has 106 valence electrons. The minimum Gasteiger partial charge on any atom is -0.381 e. The molecule has 1 aromatic rings. The topological polar surface area (TPSA) is 21.3 Å². The van der Waals surface area contributed by atoms with Gasteiger partial charge >= 0.3 is 0 Å². The minimum absolute atomic E-state index is 0.467. The van der Waals surface area contributed by atoms with Crippen LogP contribution in [-0.4, -0.2) is 25.3 Å². The Hall–Kier alpha value is -0.280. The van der Waals surface area contributed by atoms with Crippen molar-refractivity contribution in [1.82, 2.24) is 5.32 Å². The first-order valence-electron chi connectivity index (χ1n) is 6.84. The fraction of sp³-hybridized carbons (Fsp3) is 0.600. The Kier molecular flexibility index (Phi) is 5.52. The van der Waals surface area contributed by atoms with Crippen molar-refractivity contribution in [3.8, 4) is 0 Å². The second-order valence-electron chi connectivity index (χ2n) is 5.49. The smallest absolute Gasteiger partial charge is 0.0512 e. The minimum atomic E-state index is 0.467. The zero-order valence-corrected chi connectivity index (χ0v) is 13.0. The molecule has 0 aromatic heterocycles. The molecule has 2 atom stereocenters. The summed E-state index contributed by atoms with van der Waals surface area (Å²) >= 11 is 12.2. The quantitative estimate of drug-likeness (QED) is 0.909. The average molecular weight is 302 g/mol. The Morgan fingerprint density at radius 1 is 1.37 bits per heavy atom. The van der Waals surface area contributed by atoms with Gasteiger partial charge in [-0.3, -0.25) is 0 Å². The molecular formula is C15H21Cl2NO. The van der Waals surface area contributed by atoms with Crippen LogP contribution >= 0.6 is 23.2 Å². The van der Waals surface area contributed by atoms with Gasteiger partial charge in [-0.05, 0) is 30.5 Å². The van der Waals surface area contributed by atoms with Crippen LogP contribution in [0.25, 0.3) is 0 Å². The van der Waals surface area contributed by atoms with Gasteiger partial charge in [0.1, 0.15) is 0 Å². The molecule has 1 aliphatic heterocycles. The van der Waals surface area contributed by atoms with Crippen LogP contribution in [0.4, 0.5) is 0 Å². The van der Waals surface area contributed by atoms with Gasteiger partial charge in [0.2, 0.25) is 0 Å². The summed E-state index contributed by atoms with van der Waals surface area (Å²) in [7, 11) is 0. The van der Waals surface area contributed by atoms with E-state index in [0.717, 1.165) is 36.6 Å². The molecule has 1 aliphatic rings. The number of rotatable bonds is 4. The molecular weight excluding hydrogens is 281 g/mol. The van der Waals surface area contributed by atoms with Crippen molar-refractivity contribution in [3.05, 3.63) is 33.8 Å². The summed E-state index contributed by atoms with van der Waals surface area (Å²) in [5.41, 5.74) is 1.15. The SMILES string of the molecule is CC(C)N[C@@H]1CCOC[C@H]1Cc1ccc(Cl)cc1Cl. The Morgan fingerprint density at radius 3 is 2.84 bits per heavy atom. The second-order valence-corrected chi connectivity index (χ2v) is 6.34. The third-order valence-electron chi connectivity index (χ3n) is 3.52. The predicted octanol–water partition coefficient (Wildman–Crippen LogP) is 3.94. The van der Waals surface area contributed by atoms with Gasteiger partial charge in [0.15, 0.2) is 0 Å². The molecule has 19 heavy (non-hydrogen) atoms. The zero-order valence-electron chi connectivity index (χ0n) is 11.5. The van der Waals surface area contributed by atoms with E-state index in [1.165, 1.54) is 0 Å². The number of nitrogens with one attached hydrogen (secondary N) is 1. The van der Waals surface area contributed by atoms with Crippen molar-refractivity contribution in [2.75, 3.05) is 13.2 Å². The van der Waals surface area contributed by atoms with Gasteiger partial charge in [-0.25, -0.2) is 0 Å². The van der Waals surface area contributed by atoms with Gasteiger partial charge < -0.3 is 10.1 Å². The fourth-order valence-corrected chi connectivity index (χ4v) is 3.10. The normalized spacial score (nSPS) is 23.8. The maximum Gasteiger partial charge on any atom is 0.0512 e. The van der Waals surface area contributed by atoms with Gasteiger partial charge in [0.25, 0.3) is 0 Å². The van der Waals surface area contributed by atoms with E-state index in [0.29, 0.717) is 23.0 Å². The standard InChI is InChI=1S/C15H21Cl2NO/c1-10(2)18-15-5-6-19-9-12(15)7-11-3-4-13(16)8-14(11)17/h3-4,8,10,12,15,18H,5-7,9H2,1-2H3/t12-,15-/m1/s1. The monoisotopic (exact) mass is 301 g/mol. The van der Waals surface area contributed by atoms with E-state index in [9.17, 15) is 0 Å². The lowest BCUT2D eigenvalue weighted by atomic mass is 9.89. The highest BCUT2D eigenvalue weighted by Crippen LogP contribution is 2.26. The van der Waals surface area contributed by atoms with Crippen LogP contribution in [-0.2, 0) is 11.2 Å². The third-order valence-corrected chi connectivity index (χ3v) is 4.11. The Balaban J connectivity index is 2.06.